The van der Waals surface area contributed by atoms with E-state index in [-0.39, 0.29) is 16.3 Å². The van der Waals surface area contributed by atoms with E-state index in [2.05, 4.69) is 5.10 Å². The van der Waals surface area contributed by atoms with Crippen LogP contribution in [-0.4, -0.2) is 18.2 Å². The van der Waals surface area contributed by atoms with E-state index in [0.29, 0.717) is 17.9 Å². The summed E-state index contributed by atoms with van der Waals surface area (Å²) in [5.41, 5.74) is -0.959. The second kappa shape index (κ2) is 8.07. The molecule has 32 heavy (non-hydrogen) atoms. The lowest BCUT2D eigenvalue weighted by Gasteiger charge is -2.15. The maximum Gasteiger partial charge on any atom is 0.280 e. The second-order valence-electron chi connectivity index (χ2n) is 6.91. The van der Waals surface area contributed by atoms with Crippen LogP contribution in [0.2, 0.25) is 0 Å². The highest BCUT2D eigenvalue weighted by Crippen LogP contribution is 2.36. The molecule has 3 aromatic rings. The number of nitrogens with zero attached hydrogens (tertiary/aromatic N) is 2. The van der Waals surface area contributed by atoms with Gasteiger partial charge in [0.25, 0.3) is 5.91 Å². The number of anilines is 1. The molecular formula is C23H15F5N2O2. The fourth-order valence-corrected chi connectivity index (χ4v) is 3.47. The predicted molar refractivity (Wildman–Crippen MR) is 110 cm³/mol. The zero-order valence-electron chi connectivity index (χ0n) is 16.8. The molecule has 9 heteroatoms. The minimum Gasteiger partial charge on any atom is -0.493 e. The third-order valence-corrected chi connectivity index (χ3v) is 4.98. The van der Waals surface area contributed by atoms with Crippen LogP contribution in [0.5, 0.6) is 5.75 Å². The van der Waals surface area contributed by atoms with Crippen LogP contribution in [0.25, 0.3) is 16.8 Å². The fourth-order valence-electron chi connectivity index (χ4n) is 3.47. The number of hydrogen-bond donors (Lipinski definition) is 0. The summed E-state index contributed by atoms with van der Waals surface area (Å²) in [6, 6.07) is 10.8. The zero-order valence-corrected chi connectivity index (χ0v) is 16.8. The Hall–Kier alpha value is -3.75. The van der Waals surface area contributed by atoms with Crippen molar-refractivity contribution >= 4 is 34.2 Å². The number of halogens is 5. The molecule has 0 atom stereocenters. The summed E-state index contributed by atoms with van der Waals surface area (Å²) in [6.07, 6.45) is 1.43. The normalized spacial score (nSPS) is 15.1. The summed E-state index contributed by atoms with van der Waals surface area (Å²) in [6.45, 7) is 3.51. The van der Waals surface area contributed by atoms with Crippen LogP contribution in [0.4, 0.5) is 27.6 Å². The van der Waals surface area contributed by atoms with Crippen molar-refractivity contribution in [1.82, 2.24) is 0 Å². The Labute approximate surface area is 179 Å². The molecular weight excluding hydrogens is 431 g/mol. The lowest BCUT2D eigenvalue weighted by atomic mass is 9.99. The Morgan fingerprint density at radius 1 is 0.938 bits per heavy atom. The van der Waals surface area contributed by atoms with E-state index in [1.54, 1.807) is 25.1 Å². The van der Waals surface area contributed by atoms with Crippen molar-refractivity contribution in [2.24, 2.45) is 5.10 Å². The van der Waals surface area contributed by atoms with Crippen molar-refractivity contribution in [2.75, 3.05) is 11.6 Å². The van der Waals surface area contributed by atoms with E-state index in [0.717, 1.165) is 10.8 Å². The first-order chi connectivity index (χ1) is 15.3. The molecule has 0 aliphatic carbocycles. The summed E-state index contributed by atoms with van der Waals surface area (Å²) in [5, 5.41) is 5.53. The summed E-state index contributed by atoms with van der Waals surface area (Å²) < 4.78 is 74.9. The van der Waals surface area contributed by atoms with E-state index < -0.39 is 40.7 Å². The Bertz CT molecular complexity index is 1300. The van der Waals surface area contributed by atoms with Crippen molar-refractivity contribution in [3.8, 4) is 5.75 Å². The molecule has 0 unspecified atom stereocenters. The Balaban J connectivity index is 1.88. The monoisotopic (exact) mass is 446 g/mol. The molecule has 0 bridgehead atoms. The standard InChI is InChI=1S/C23H15F5N2O2/c1-3-32-16-9-8-12-6-4-5-7-13(12)15(16)10-14-11(2)29-30(23(14)31)22-20(27)18(25)17(24)19(26)21(22)28/h4-10H,3H2,1-2H3/b14-10+. The lowest BCUT2D eigenvalue weighted by molar-refractivity contribution is -0.114. The Morgan fingerprint density at radius 2 is 1.56 bits per heavy atom. The molecule has 0 radical (unpaired) electrons. The zero-order chi connectivity index (χ0) is 23.2. The van der Waals surface area contributed by atoms with Gasteiger partial charge in [-0.05, 0) is 36.8 Å². The van der Waals surface area contributed by atoms with E-state index in [1.807, 2.05) is 18.2 Å². The van der Waals surface area contributed by atoms with Crippen LogP contribution in [0.1, 0.15) is 19.4 Å². The molecule has 1 amide bonds. The van der Waals surface area contributed by atoms with Gasteiger partial charge in [0.1, 0.15) is 11.4 Å². The molecule has 0 fully saturated rings. The number of rotatable bonds is 4. The highest BCUT2D eigenvalue weighted by Gasteiger charge is 2.37. The van der Waals surface area contributed by atoms with Gasteiger partial charge in [-0.25, -0.2) is 22.0 Å². The third kappa shape index (κ3) is 3.30. The van der Waals surface area contributed by atoms with Gasteiger partial charge in [0.15, 0.2) is 23.3 Å². The Morgan fingerprint density at radius 3 is 2.22 bits per heavy atom. The number of hydrazone groups is 1. The molecule has 0 saturated heterocycles. The van der Waals surface area contributed by atoms with Gasteiger partial charge in [-0.2, -0.15) is 10.1 Å². The van der Waals surface area contributed by atoms with Crippen LogP contribution in [-0.2, 0) is 4.79 Å². The number of carbonyl (C=O) groups excluding carboxylic acids is 1. The molecule has 4 rings (SSSR count). The van der Waals surface area contributed by atoms with E-state index in [4.69, 9.17) is 4.74 Å². The molecule has 3 aromatic carbocycles. The van der Waals surface area contributed by atoms with Crippen molar-refractivity contribution in [2.45, 2.75) is 13.8 Å². The van der Waals surface area contributed by atoms with Crippen LogP contribution in [0.3, 0.4) is 0 Å². The number of fused-ring (bicyclic) bond motifs is 1. The molecule has 164 valence electrons. The maximum absolute atomic E-state index is 14.3. The molecule has 1 aliphatic rings. The molecule has 1 aliphatic heterocycles. The topological polar surface area (TPSA) is 41.9 Å². The first kappa shape index (κ1) is 21.5. The van der Waals surface area contributed by atoms with E-state index in [9.17, 15) is 26.7 Å². The van der Waals surface area contributed by atoms with Gasteiger partial charge in [0.2, 0.25) is 5.82 Å². The van der Waals surface area contributed by atoms with Crippen LogP contribution >= 0.6 is 0 Å². The van der Waals surface area contributed by atoms with Crippen LogP contribution in [0.15, 0.2) is 47.1 Å². The van der Waals surface area contributed by atoms with Gasteiger partial charge in [0, 0.05) is 5.56 Å². The summed E-state index contributed by atoms with van der Waals surface area (Å²) in [5.74, 6) is -11.5. The third-order valence-electron chi connectivity index (χ3n) is 4.98. The van der Waals surface area contributed by atoms with E-state index >= 15 is 0 Å². The van der Waals surface area contributed by atoms with Crippen molar-refractivity contribution in [3.05, 3.63) is 76.6 Å². The molecule has 4 nitrogen and oxygen atoms in total. The molecule has 1 heterocycles. The molecule has 0 N–H and O–H groups in total. The van der Waals surface area contributed by atoms with Crippen LogP contribution in [0, 0.1) is 29.1 Å². The molecule has 0 aromatic heterocycles. The van der Waals surface area contributed by atoms with Gasteiger partial charge in [0.05, 0.1) is 17.9 Å². The Kier molecular flexibility index (Phi) is 5.41. The largest absolute Gasteiger partial charge is 0.493 e. The smallest absolute Gasteiger partial charge is 0.280 e. The lowest BCUT2D eigenvalue weighted by Crippen LogP contribution is -2.25. The maximum atomic E-state index is 14.3. The van der Waals surface area contributed by atoms with Gasteiger partial charge in [-0.1, -0.05) is 30.3 Å². The quantitative estimate of drug-likeness (QED) is 0.222. The predicted octanol–water partition coefficient (Wildman–Crippen LogP) is 5.74. The minimum absolute atomic E-state index is 0.0364. The number of benzene rings is 3. The van der Waals surface area contributed by atoms with Gasteiger partial charge in [-0.3, -0.25) is 4.79 Å². The average molecular weight is 446 g/mol. The number of amides is 1. The van der Waals surface area contributed by atoms with Gasteiger partial charge >= 0.3 is 0 Å². The average Bonchev–Trinajstić information content (AvgIpc) is 3.06. The summed E-state index contributed by atoms with van der Waals surface area (Å²) in [7, 11) is 0. The molecule has 0 spiro atoms. The van der Waals surface area contributed by atoms with Gasteiger partial charge < -0.3 is 4.74 Å². The number of hydrogen-bond acceptors (Lipinski definition) is 3. The highest BCUT2D eigenvalue weighted by molar-refractivity contribution is 6.32. The fraction of sp³-hybridized carbons (Fsp3) is 0.130. The summed E-state index contributed by atoms with van der Waals surface area (Å²) in [4.78, 5) is 13.0. The first-order valence-corrected chi connectivity index (χ1v) is 9.54. The van der Waals surface area contributed by atoms with Crippen molar-refractivity contribution in [1.29, 1.82) is 0 Å². The molecule has 0 saturated carbocycles. The summed E-state index contributed by atoms with van der Waals surface area (Å²) >= 11 is 0. The number of ether oxygens (including phenoxy) is 1. The van der Waals surface area contributed by atoms with Crippen LogP contribution < -0.4 is 9.75 Å². The first-order valence-electron chi connectivity index (χ1n) is 9.54. The second-order valence-corrected chi connectivity index (χ2v) is 6.91. The number of carbonyl (C=O) groups is 1. The van der Waals surface area contributed by atoms with E-state index in [1.165, 1.54) is 13.0 Å². The van der Waals surface area contributed by atoms with Crippen molar-refractivity contribution < 1.29 is 31.5 Å². The SMILES string of the molecule is CCOc1ccc2ccccc2c1/C=C1/C(=O)N(c2c(F)c(F)c(F)c(F)c2F)N=C1C. The minimum atomic E-state index is -2.32. The van der Waals surface area contributed by atoms with Crippen molar-refractivity contribution in [3.63, 3.8) is 0 Å². The van der Waals surface area contributed by atoms with Gasteiger partial charge in [-0.15, -0.1) is 0 Å². The highest BCUT2D eigenvalue weighted by atomic mass is 19.2.